The van der Waals surface area contributed by atoms with E-state index in [2.05, 4.69) is 19.9 Å². The summed E-state index contributed by atoms with van der Waals surface area (Å²) in [6, 6.07) is 10.4. The molecule has 0 aliphatic heterocycles. The van der Waals surface area contributed by atoms with Crippen molar-refractivity contribution < 1.29 is 27.4 Å². The highest BCUT2D eigenvalue weighted by Gasteiger charge is 2.39. The van der Waals surface area contributed by atoms with Crippen LogP contribution in [0.4, 0.5) is 5.95 Å². The van der Waals surface area contributed by atoms with Crippen LogP contribution in [0.5, 0.6) is 17.4 Å². The van der Waals surface area contributed by atoms with Gasteiger partial charge >= 0.3 is 0 Å². The SMILES string of the molecule is COc1cccc(-c2nnc(NS(=O)(=O)C(C)C(OC)C3CCC3)n2-c2c(OC)cccc2OC)n1. The highest BCUT2D eigenvalue weighted by Crippen LogP contribution is 2.38. The van der Waals surface area contributed by atoms with E-state index < -0.39 is 21.4 Å². The Labute approximate surface area is 210 Å². The van der Waals surface area contributed by atoms with Crippen molar-refractivity contribution in [2.45, 2.75) is 37.5 Å². The Morgan fingerprint density at radius 3 is 2.19 bits per heavy atom. The fourth-order valence-corrected chi connectivity index (χ4v) is 5.62. The highest BCUT2D eigenvalue weighted by atomic mass is 32.2. The Balaban J connectivity index is 1.85. The fourth-order valence-electron chi connectivity index (χ4n) is 4.37. The number of nitrogens with zero attached hydrogens (tertiary/aromatic N) is 4. The fraction of sp³-hybridized carbons (Fsp3) is 0.458. The third kappa shape index (κ3) is 4.82. The average molecular weight is 518 g/mol. The van der Waals surface area contributed by atoms with Crippen LogP contribution in [0.1, 0.15) is 26.2 Å². The number of hydrogen-bond donors (Lipinski definition) is 1. The normalized spacial score (nSPS) is 15.6. The van der Waals surface area contributed by atoms with E-state index in [1.807, 2.05) is 0 Å². The molecule has 2 heterocycles. The number of methoxy groups -OCH3 is 4. The zero-order chi connectivity index (χ0) is 25.9. The predicted molar refractivity (Wildman–Crippen MR) is 134 cm³/mol. The lowest BCUT2D eigenvalue weighted by Crippen LogP contribution is -2.43. The summed E-state index contributed by atoms with van der Waals surface area (Å²) < 4.78 is 53.2. The van der Waals surface area contributed by atoms with E-state index in [-0.39, 0.29) is 17.7 Å². The second-order valence-electron chi connectivity index (χ2n) is 8.50. The lowest BCUT2D eigenvalue weighted by Gasteiger charge is -2.35. The van der Waals surface area contributed by atoms with E-state index in [4.69, 9.17) is 18.9 Å². The molecule has 0 spiro atoms. The van der Waals surface area contributed by atoms with Gasteiger partial charge in [-0.3, -0.25) is 9.29 Å². The van der Waals surface area contributed by atoms with Crippen LogP contribution in [0.25, 0.3) is 17.2 Å². The van der Waals surface area contributed by atoms with E-state index in [0.29, 0.717) is 28.8 Å². The Bertz CT molecular complexity index is 1290. The Kier molecular flexibility index (Phi) is 7.65. The quantitative estimate of drug-likeness (QED) is 0.407. The molecular formula is C24H31N5O6S. The number of pyridine rings is 1. The van der Waals surface area contributed by atoms with E-state index >= 15 is 0 Å². The molecule has 0 amide bonds. The maximum Gasteiger partial charge on any atom is 0.243 e. The van der Waals surface area contributed by atoms with Crippen molar-refractivity contribution in [1.29, 1.82) is 0 Å². The lowest BCUT2D eigenvalue weighted by molar-refractivity contribution is 0.0194. The number of benzene rings is 1. The van der Waals surface area contributed by atoms with Crippen molar-refractivity contribution in [3.63, 3.8) is 0 Å². The lowest BCUT2D eigenvalue weighted by atomic mass is 9.80. The number of nitrogens with one attached hydrogen (secondary N) is 1. The van der Waals surface area contributed by atoms with Crippen molar-refractivity contribution in [1.82, 2.24) is 19.7 Å². The first kappa shape index (κ1) is 25.7. The van der Waals surface area contributed by atoms with Gasteiger partial charge in [0.15, 0.2) is 5.82 Å². The van der Waals surface area contributed by atoms with Crippen LogP contribution in [-0.2, 0) is 14.8 Å². The Hall–Kier alpha value is -3.38. The van der Waals surface area contributed by atoms with Crippen LogP contribution in [0.15, 0.2) is 36.4 Å². The standard InChI is InChI=1S/C24H31N5O6S/c1-15(22(35-5)16-9-6-10-16)36(30,31)28-24-27-26-23(17-11-7-14-20(25-17)34-4)29(24)21-18(32-2)12-8-13-19(21)33-3/h7-8,11-16,22H,6,9-10H2,1-5H3,(H,27,28). The molecule has 1 fully saturated rings. The summed E-state index contributed by atoms with van der Waals surface area (Å²) in [6.07, 6.45) is 2.52. The molecule has 2 atom stereocenters. The largest absolute Gasteiger partial charge is 0.494 e. The van der Waals surface area contributed by atoms with Gasteiger partial charge in [-0.25, -0.2) is 13.4 Å². The summed E-state index contributed by atoms with van der Waals surface area (Å²) in [6.45, 7) is 1.64. The molecule has 11 nitrogen and oxygen atoms in total. The second-order valence-corrected chi connectivity index (χ2v) is 10.5. The first-order valence-corrected chi connectivity index (χ1v) is 13.1. The average Bonchev–Trinajstić information content (AvgIpc) is 3.27. The molecule has 0 bridgehead atoms. The van der Waals surface area contributed by atoms with Crippen molar-refractivity contribution in [2.24, 2.45) is 5.92 Å². The molecule has 194 valence electrons. The topological polar surface area (TPSA) is 127 Å². The zero-order valence-corrected chi connectivity index (χ0v) is 21.8. The number of hydrogen-bond acceptors (Lipinski definition) is 9. The van der Waals surface area contributed by atoms with Crippen LogP contribution in [0.2, 0.25) is 0 Å². The van der Waals surface area contributed by atoms with Crippen LogP contribution >= 0.6 is 0 Å². The first-order valence-electron chi connectivity index (χ1n) is 11.6. The molecule has 1 aliphatic rings. The molecule has 1 saturated carbocycles. The molecule has 1 aliphatic carbocycles. The summed E-state index contributed by atoms with van der Waals surface area (Å²) in [5, 5.41) is 7.66. The number of anilines is 1. The Morgan fingerprint density at radius 1 is 0.972 bits per heavy atom. The predicted octanol–water partition coefficient (Wildman–Crippen LogP) is 3.30. The number of para-hydroxylation sites is 1. The zero-order valence-electron chi connectivity index (χ0n) is 21.0. The number of sulfonamides is 1. The third-order valence-electron chi connectivity index (χ3n) is 6.52. The van der Waals surface area contributed by atoms with Crippen LogP contribution in [0, 0.1) is 5.92 Å². The molecule has 3 aromatic rings. The monoisotopic (exact) mass is 517 g/mol. The smallest absolute Gasteiger partial charge is 0.243 e. The molecule has 0 radical (unpaired) electrons. The molecule has 4 rings (SSSR count). The number of ether oxygens (including phenoxy) is 4. The van der Waals surface area contributed by atoms with Crippen molar-refractivity contribution >= 4 is 16.0 Å². The number of rotatable bonds is 11. The molecule has 36 heavy (non-hydrogen) atoms. The first-order chi connectivity index (χ1) is 17.3. The van der Waals surface area contributed by atoms with Gasteiger partial charge in [-0.15, -0.1) is 10.2 Å². The minimum absolute atomic E-state index is 0.0345. The summed E-state index contributed by atoms with van der Waals surface area (Å²) >= 11 is 0. The highest BCUT2D eigenvalue weighted by molar-refractivity contribution is 7.93. The van der Waals surface area contributed by atoms with Gasteiger partial charge in [0.1, 0.15) is 28.1 Å². The van der Waals surface area contributed by atoms with E-state index in [9.17, 15) is 8.42 Å². The van der Waals surface area contributed by atoms with Gasteiger partial charge in [-0.05, 0) is 43.9 Å². The molecular weight excluding hydrogens is 486 g/mol. The molecule has 0 saturated heterocycles. The molecule has 2 aromatic heterocycles. The van der Waals surface area contributed by atoms with Crippen LogP contribution in [-0.4, -0.2) is 68.0 Å². The summed E-state index contributed by atoms with van der Waals surface area (Å²) in [4.78, 5) is 4.46. The molecule has 1 aromatic carbocycles. The van der Waals surface area contributed by atoms with E-state index in [0.717, 1.165) is 19.3 Å². The minimum Gasteiger partial charge on any atom is -0.494 e. The van der Waals surface area contributed by atoms with Gasteiger partial charge in [-0.1, -0.05) is 18.6 Å². The van der Waals surface area contributed by atoms with Gasteiger partial charge in [0.2, 0.25) is 21.9 Å². The molecule has 1 N–H and O–H groups in total. The third-order valence-corrected chi connectivity index (χ3v) is 8.24. The van der Waals surface area contributed by atoms with Gasteiger partial charge in [0.25, 0.3) is 0 Å². The van der Waals surface area contributed by atoms with Gasteiger partial charge in [0.05, 0.1) is 27.4 Å². The maximum atomic E-state index is 13.5. The van der Waals surface area contributed by atoms with Gasteiger partial charge < -0.3 is 18.9 Å². The van der Waals surface area contributed by atoms with Crippen molar-refractivity contribution in [3.8, 4) is 34.6 Å². The number of aromatic nitrogens is 4. The maximum absolute atomic E-state index is 13.5. The van der Waals surface area contributed by atoms with Crippen molar-refractivity contribution in [3.05, 3.63) is 36.4 Å². The van der Waals surface area contributed by atoms with Crippen LogP contribution < -0.4 is 18.9 Å². The Morgan fingerprint density at radius 2 is 1.64 bits per heavy atom. The van der Waals surface area contributed by atoms with E-state index in [1.165, 1.54) is 25.9 Å². The molecule has 12 heteroatoms. The minimum atomic E-state index is -3.92. The van der Waals surface area contributed by atoms with E-state index in [1.54, 1.807) is 50.4 Å². The van der Waals surface area contributed by atoms with Gasteiger partial charge in [-0.2, -0.15) is 0 Å². The molecule has 2 unspecified atom stereocenters. The van der Waals surface area contributed by atoms with Crippen LogP contribution in [0.3, 0.4) is 0 Å². The summed E-state index contributed by atoms with van der Waals surface area (Å²) in [5.74, 6) is 1.66. The summed E-state index contributed by atoms with van der Waals surface area (Å²) in [7, 11) is 2.16. The van der Waals surface area contributed by atoms with Gasteiger partial charge in [0, 0.05) is 13.2 Å². The second kappa shape index (κ2) is 10.7. The van der Waals surface area contributed by atoms with Crippen molar-refractivity contribution in [2.75, 3.05) is 33.2 Å². The summed E-state index contributed by atoms with van der Waals surface area (Å²) in [5.41, 5.74) is 0.831.